The summed E-state index contributed by atoms with van der Waals surface area (Å²) in [7, 11) is 0. The minimum Gasteiger partial charge on any atom is -0.366 e. The van der Waals surface area contributed by atoms with E-state index in [1.54, 1.807) is 18.2 Å². The number of rotatable bonds is 2. The highest BCUT2D eigenvalue weighted by Crippen LogP contribution is 2.29. The van der Waals surface area contributed by atoms with Gasteiger partial charge in [0.05, 0.1) is 0 Å². The van der Waals surface area contributed by atoms with E-state index in [0.717, 1.165) is 0 Å². The molecule has 0 bridgehead atoms. The van der Waals surface area contributed by atoms with E-state index in [9.17, 15) is 9.18 Å². The molecule has 0 saturated carbocycles. The van der Waals surface area contributed by atoms with Crippen LogP contribution in [0, 0.1) is 11.7 Å². The molecule has 16 heavy (non-hydrogen) atoms. The van der Waals surface area contributed by atoms with Gasteiger partial charge in [-0.3, -0.25) is 4.79 Å². The minimum atomic E-state index is -0.646. The first-order chi connectivity index (χ1) is 7.72. The maximum absolute atomic E-state index is 13.0. The van der Waals surface area contributed by atoms with Crippen LogP contribution in [0.3, 0.4) is 0 Å². The van der Waals surface area contributed by atoms with E-state index in [0.29, 0.717) is 18.6 Å². The fourth-order valence-corrected chi connectivity index (χ4v) is 1.90. The molecule has 0 aliphatic carbocycles. The number of hydrogen-bond acceptors (Lipinski definition) is 2. The predicted octanol–water partition coefficient (Wildman–Crippen LogP) is 2.66. The second-order valence-corrected chi connectivity index (χ2v) is 3.84. The maximum Gasteiger partial charge on any atom is 0.172 e. The van der Waals surface area contributed by atoms with Gasteiger partial charge in [-0.05, 0) is 24.1 Å². The van der Waals surface area contributed by atoms with Crippen LogP contribution in [0.1, 0.15) is 18.1 Å². The van der Waals surface area contributed by atoms with Crippen molar-refractivity contribution in [1.29, 1.82) is 0 Å². The summed E-state index contributed by atoms with van der Waals surface area (Å²) in [4.78, 5) is 11.9. The maximum atomic E-state index is 13.0. The van der Waals surface area contributed by atoms with Crippen molar-refractivity contribution in [2.75, 3.05) is 6.61 Å². The Hall–Kier alpha value is -1.48. The lowest BCUT2D eigenvalue weighted by Crippen LogP contribution is -2.29. The molecule has 0 radical (unpaired) electrons. The Labute approximate surface area is 93.7 Å². The lowest BCUT2D eigenvalue weighted by atomic mass is 9.90. The van der Waals surface area contributed by atoms with E-state index < -0.39 is 6.10 Å². The summed E-state index contributed by atoms with van der Waals surface area (Å²) >= 11 is 0. The number of ketones is 1. The monoisotopic (exact) mass is 220 g/mol. The SMILES string of the molecule is C=CC1CCOC(c2cccc(F)c2)C1=O. The Morgan fingerprint density at radius 1 is 1.50 bits per heavy atom. The van der Waals surface area contributed by atoms with Crippen molar-refractivity contribution in [3.05, 3.63) is 48.3 Å². The molecule has 1 heterocycles. The standard InChI is InChI=1S/C13H13FO2/c1-2-9-6-7-16-13(12(9)15)10-4-3-5-11(14)8-10/h2-5,8-9,13H,1,6-7H2. The molecule has 2 rings (SSSR count). The number of benzene rings is 1. The smallest absolute Gasteiger partial charge is 0.172 e. The molecule has 3 heteroatoms. The lowest BCUT2D eigenvalue weighted by molar-refractivity contribution is -0.139. The number of carbonyl (C=O) groups excluding carboxylic acids is 1. The van der Waals surface area contributed by atoms with Gasteiger partial charge in [0.15, 0.2) is 5.78 Å². The van der Waals surface area contributed by atoms with Crippen LogP contribution < -0.4 is 0 Å². The van der Waals surface area contributed by atoms with E-state index in [-0.39, 0.29) is 17.5 Å². The van der Waals surface area contributed by atoms with Gasteiger partial charge in [0.2, 0.25) is 0 Å². The molecule has 1 aliphatic rings. The number of carbonyl (C=O) groups is 1. The van der Waals surface area contributed by atoms with Crippen LogP contribution in [-0.2, 0) is 9.53 Å². The van der Waals surface area contributed by atoms with Gasteiger partial charge in [-0.1, -0.05) is 18.2 Å². The van der Waals surface area contributed by atoms with Crippen LogP contribution in [0.2, 0.25) is 0 Å². The number of allylic oxidation sites excluding steroid dienone is 1. The van der Waals surface area contributed by atoms with Crippen LogP contribution in [0.25, 0.3) is 0 Å². The molecule has 84 valence electrons. The van der Waals surface area contributed by atoms with Crippen molar-refractivity contribution in [2.24, 2.45) is 5.92 Å². The Morgan fingerprint density at radius 2 is 2.31 bits per heavy atom. The zero-order valence-electron chi connectivity index (χ0n) is 8.86. The molecule has 1 aromatic carbocycles. The van der Waals surface area contributed by atoms with Crippen molar-refractivity contribution in [1.82, 2.24) is 0 Å². The normalized spacial score (nSPS) is 25.4. The van der Waals surface area contributed by atoms with E-state index in [2.05, 4.69) is 6.58 Å². The summed E-state index contributed by atoms with van der Waals surface area (Å²) in [5.41, 5.74) is 0.580. The zero-order chi connectivity index (χ0) is 11.5. The van der Waals surface area contributed by atoms with Gasteiger partial charge in [0.25, 0.3) is 0 Å². The molecule has 1 aliphatic heterocycles. The average Bonchev–Trinajstić information content (AvgIpc) is 2.29. The van der Waals surface area contributed by atoms with Crippen LogP contribution in [0.5, 0.6) is 0 Å². The Morgan fingerprint density at radius 3 is 3.00 bits per heavy atom. The first kappa shape index (κ1) is 11.0. The van der Waals surface area contributed by atoms with Gasteiger partial charge in [0, 0.05) is 12.5 Å². The van der Waals surface area contributed by atoms with Crippen LogP contribution in [-0.4, -0.2) is 12.4 Å². The molecule has 2 atom stereocenters. The van der Waals surface area contributed by atoms with Gasteiger partial charge in [0.1, 0.15) is 11.9 Å². The summed E-state index contributed by atoms with van der Waals surface area (Å²) in [5.74, 6) is -0.566. The molecule has 1 fully saturated rings. The Kier molecular flexibility index (Phi) is 3.15. The fourth-order valence-electron chi connectivity index (χ4n) is 1.90. The van der Waals surface area contributed by atoms with Crippen molar-refractivity contribution in [3.8, 4) is 0 Å². The second-order valence-electron chi connectivity index (χ2n) is 3.84. The average molecular weight is 220 g/mol. The van der Waals surface area contributed by atoms with Crippen molar-refractivity contribution >= 4 is 5.78 Å². The lowest BCUT2D eigenvalue weighted by Gasteiger charge is -2.26. The van der Waals surface area contributed by atoms with Crippen LogP contribution >= 0.6 is 0 Å². The highest BCUT2D eigenvalue weighted by atomic mass is 19.1. The molecule has 0 aromatic heterocycles. The Bertz CT molecular complexity index is 414. The Balaban J connectivity index is 2.26. The topological polar surface area (TPSA) is 26.3 Å². The summed E-state index contributed by atoms with van der Waals surface area (Å²) in [6, 6.07) is 5.98. The summed E-state index contributed by atoms with van der Waals surface area (Å²) < 4.78 is 18.4. The highest BCUT2D eigenvalue weighted by molar-refractivity contribution is 5.88. The molecular formula is C13H13FO2. The summed E-state index contributed by atoms with van der Waals surface area (Å²) in [6.45, 7) is 4.13. The van der Waals surface area contributed by atoms with Crippen LogP contribution in [0.4, 0.5) is 4.39 Å². The van der Waals surface area contributed by atoms with E-state index in [4.69, 9.17) is 4.74 Å². The first-order valence-corrected chi connectivity index (χ1v) is 5.25. The molecule has 0 N–H and O–H groups in total. The van der Waals surface area contributed by atoms with E-state index in [1.165, 1.54) is 12.1 Å². The van der Waals surface area contributed by atoms with Crippen molar-refractivity contribution in [2.45, 2.75) is 12.5 Å². The highest BCUT2D eigenvalue weighted by Gasteiger charge is 2.31. The van der Waals surface area contributed by atoms with Gasteiger partial charge >= 0.3 is 0 Å². The molecular weight excluding hydrogens is 207 g/mol. The van der Waals surface area contributed by atoms with Gasteiger partial charge in [-0.25, -0.2) is 4.39 Å². The second kappa shape index (κ2) is 4.58. The molecule has 1 aromatic rings. The first-order valence-electron chi connectivity index (χ1n) is 5.25. The number of hydrogen-bond donors (Lipinski definition) is 0. The molecule has 2 unspecified atom stereocenters. The number of halogens is 1. The van der Waals surface area contributed by atoms with Crippen molar-refractivity contribution < 1.29 is 13.9 Å². The van der Waals surface area contributed by atoms with Crippen molar-refractivity contribution in [3.63, 3.8) is 0 Å². The fraction of sp³-hybridized carbons (Fsp3) is 0.308. The largest absolute Gasteiger partial charge is 0.366 e. The third-order valence-corrected chi connectivity index (χ3v) is 2.77. The van der Waals surface area contributed by atoms with Gasteiger partial charge in [-0.2, -0.15) is 0 Å². The molecule has 0 amide bonds. The minimum absolute atomic E-state index is 0.0353. The summed E-state index contributed by atoms with van der Waals surface area (Å²) in [5, 5.41) is 0. The number of Topliss-reactive ketones (excluding diaryl/α,β-unsaturated/α-hetero) is 1. The summed E-state index contributed by atoms with van der Waals surface area (Å²) in [6.07, 6.45) is 1.65. The molecule has 0 spiro atoms. The third kappa shape index (κ3) is 2.04. The molecule has 1 saturated heterocycles. The molecule has 2 nitrogen and oxygen atoms in total. The predicted molar refractivity (Wildman–Crippen MR) is 58.4 cm³/mol. The van der Waals surface area contributed by atoms with E-state index >= 15 is 0 Å². The van der Waals surface area contributed by atoms with Gasteiger partial charge < -0.3 is 4.74 Å². The zero-order valence-corrected chi connectivity index (χ0v) is 8.86. The number of ether oxygens (including phenoxy) is 1. The quantitative estimate of drug-likeness (QED) is 0.716. The van der Waals surface area contributed by atoms with Crippen LogP contribution in [0.15, 0.2) is 36.9 Å². The van der Waals surface area contributed by atoms with E-state index in [1.807, 2.05) is 0 Å². The van der Waals surface area contributed by atoms with Gasteiger partial charge in [-0.15, -0.1) is 6.58 Å². The third-order valence-electron chi connectivity index (χ3n) is 2.77.